The van der Waals surface area contributed by atoms with Gasteiger partial charge in [-0.1, -0.05) is 32.0 Å². The molecule has 34 heavy (non-hydrogen) atoms. The van der Waals surface area contributed by atoms with Gasteiger partial charge in [-0.05, 0) is 54.3 Å². The van der Waals surface area contributed by atoms with Crippen molar-refractivity contribution in [2.24, 2.45) is 5.92 Å². The van der Waals surface area contributed by atoms with Crippen LogP contribution in [0.2, 0.25) is 0 Å². The van der Waals surface area contributed by atoms with Crippen LogP contribution in [-0.4, -0.2) is 34.8 Å². The van der Waals surface area contributed by atoms with E-state index in [2.05, 4.69) is 10.3 Å². The molecule has 1 aliphatic rings. The average Bonchev–Trinajstić information content (AvgIpc) is 3.31. The summed E-state index contributed by atoms with van der Waals surface area (Å²) in [6.45, 7) is 6.65. The Morgan fingerprint density at radius 3 is 2.82 bits per heavy atom. The number of hydrogen-bond acceptors (Lipinski definition) is 5. The van der Waals surface area contributed by atoms with Crippen LogP contribution in [0.5, 0.6) is 5.75 Å². The molecule has 0 radical (unpaired) electrons. The van der Waals surface area contributed by atoms with Crippen LogP contribution in [0.4, 0.5) is 4.39 Å². The summed E-state index contributed by atoms with van der Waals surface area (Å²) < 4.78 is 25.4. The third kappa shape index (κ3) is 4.95. The summed E-state index contributed by atoms with van der Waals surface area (Å²) in [6, 6.07) is 11.7. The molecule has 1 N–H and O–H groups in total. The summed E-state index contributed by atoms with van der Waals surface area (Å²) >= 11 is 0. The molecule has 7 nitrogen and oxygen atoms in total. The van der Waals surface area contributed by atoms with E-state index >= 15 is 0 Å². The van der Waals surface area contributed by atoms with Crippen LogP contribution in [0.15, 0.2) is 53.1 Å². The van der Waals surface area contributed by atoms with Crippen LogP contribution in [0.3, 0.4) is 0 Å². The highest BCUT2D eigenvalue weighted by Gasteiger charge is 2.33. The normalized spacial score (nSPS) is 15.2. The number of ether oxygens (including phenoxy) is 1. The SMILES string of the molecule is CCNC(=O)c1coc(COc2ccc3c(c2)[C@@H](c2cccc(F)c2)N(C(=O)C(C)C)CC3)n1. The standard InChI is InChI=1S/C26H28FN3O4/c1-4-28-25(31)22-14-34-23(29-22)15-33-20-9-8-17-10-11-30(26(32)16(2)3)24(21(17)13-20)18-6-5-7-19(27)12-18/h5-9,12-14,16,24H,4,10-11,15H2,1-3H3,(H,28,31)/t24-/m1/s1. The topological polar surface area (TPSA) is 84.7 Å². The van der Waals surface area contributed by atoms with Gasteiger partial charge in [-0.3, -0.25) is 9.59 Å². The van der Waals surface area contributed by atoms with Gasteiger partial charge in [-0.2, -0.15) is 0 Å². The Balaban J connectivity index is 1.61. The first-order valence-electron chi connectivity index (χ1n) is 11.4. The molecule has 0 fully saturated rings. The van der Waals surface area contributed by atoms with Crippen LogP contribution in [-0.2, 0) is 17.8 Å². The minimum atomic E-state index is -0.413. The maximum Gasteiger partial charge on any atom is 0.273 e. The smallest absolute Gasteiger partial charge is 0.273 e. The van der Waals surface area contributed by atoms with Gasteiger partial charge in [0, 0.05) is 19.0 Å². The van der Waals surface area contributed by atoms with Gasteiger partial charge >= 0.3 is 0 Å². The van der Waals surface area contributed by atoms with Gasteiger partial charge in [0.05, 0.1) is 6.04 Å². The van der Waals surface area contributed by atoms with Crippen molar-refractivity contribution in [3.05, 3.63) is 82.8 Å². The number of nitrogens with zero attached hydrogens (tertiary/aromatic N) is 2. The maximum absolute atomic E-state index is 14.1. The number of halogens is 1. The summed E-state index contributed by atoms with van der Waals surface area (Å²) in [7, 11) is 0. The lowest BCUT2D eigenvalue weighted by Gasteiger charge is -2.39. The van der Waals surface area contributed by atoms with Gasteiger partial charge < -0.3 is 19.4 Å². The van der Waals surface area contributed by atoms with E-state index in [1.807, 2.05) is 49.9 Å². The van der Waals surface area contributed by atoms with Crippen molar-refractivity contribution in [3.8, 4) is 5.75 Å². The molecule has 8 heteroatoms. The quantitative estimate of drug-likeness (QED) is 0.563. The number of amides is 2. The highest BCUT2D eigenvalue weighted by molar-refractivity contribution is 5.91. The number of fused-ring (bicyclic) bond motifs is 1. The lowest BCUT2D eigenvalue weighted by atomic mass is 9.87. The molecule has 4 rings (SSSR count). The molecule has 0 spiro atoms. The van der Waals surface area contributed by atoms with E-state index < -0.39 is 6.04 Å². The predicted molar refractivity (Wildman–Crippen MR) is 124 cm³/mol. The van der Waals surface area contributed by atoms with Crippen molar-refractivity contribution in [1.29, 1.82) is 0 Å². The summed E-state index contributed by atoms with van der Waals surface area (Å²) in [5.41, 5.74) is 2.90. The number of aromatic nitrogens is 1. The molecule has 2 heterocycles. The number of benzene rings is 2. The zero-order valence-corrected chi connectivity index (χ0v) is 19.5. The highest BCUT2D eigenvalue weighted by atomic mass is 19.1. The molecule has 0 saturated carbocycles. The summed E-state index contributed by atoms with van der Waals surface area (Å²) in [4.78, 5) is 30.9. The van der Waals surface area contributed by atoms with Gasteiger partial charge in [0.2, 0.25) is 11.8 Å². The van der Waals surface area contributed by atoms with E-state index in [1.165, 1.54) is 18.4 Å². The minimum absolute atomic E-state index is 0.0175. The van der Waals surface area contributed by atoms with E-state index in [0.717, 1.165) is 11.1 Å². The number of rotatable bonds is 7. The first-order chi connectivity index (χ1) is 16.4. The Hall–Kier alpha value is -3.68. The molecule has 0 unspecified atom stereocenters. The summed E-state index contributed by atoms with van der Waals surface area (Å²) in [6.07, 6.45) is 2.00. The Bertz CT molecular complexity index is 1190. The second-order valence-corrected chi connectivity index (χ2v) is 8.53. The number of hydrogen-bond donors (Lipinski definition) is 1. The van der Waals surface area contributed by atoms with Crippen molar-refractivity contribution in [3.63, 3.8) is 0 Å². The zero-order valence-electron chi connectivity index (χ0n) is 19.5. The molecule has 178 valence electrons. The lowest BCUT2D eigenvalue weighted by Crippen LogP contribution is -2.42. The van der Waals surface area contributed by atoms with Gasteiger partial charge in [0.25, 0.3) is 5.91 Å². The Morgan fingerprint density at radius 2 is 2.09 bits per heavy atom. The Morgan fingerprint density at radius 1 is 1.26 bits per heavy atom. The molecule has 2 amide bonds. The van der Waals surface area contributed by atoms with Crippen LogP contribution in [0, 0.1) is 11.7 Å². The molecule has 0 aliphatic carbocycles. The van der Waals surface area contributed by atoms with Crippen molar-refractivity contribution >= 4 is 11.8 Å². The van der Waals surface area contributed by atoms with E-state index in [4.69, 9.17) is 9.15 Å². The van der Waals surface area contributed by atoms with Gasteiger partial charge in [-0.25, -0.2) is 9.37 Å². The molecule has 1 atom stereocenters. The molecule has 0 bridgehead atoms. The van der Waals surface area contributed by atoms with Gasteiger partial charge in [0.15, 0.2) is 12.3 Å². The van der Waals surface area contributed by atoms with Crippen LogP contribution >= 0.6 is 0 Å². The average molecular weight is 466 g/mol. The zero-order chi connectivity index (χ0) is 24.2. The Kier molecular flexibility index (Phi) is 6.95. The largest absolute Gasteiger partial charge is 0.484 e. The monoisotopic (exact) mass is 465 g/mol. The fourth-order valence-corrected chi connectivity index (χ4v) is 4.17. The van der Waals surface area contributed by atoms with Crippen LogP contribution in [0.1, 0.15) is 59.9 Å². The molecule has 3 aromatic rings. The van der Waals surface area contributed by atoms with Gasteiger partial charge in [0.1, 0.15) is 17.8 Å². The predicted octanol–water partition coefficient (Wildman–Crippen LogP) is 4.27. The molecule has 1 aromatic heterocycles. The molecular formula is C26H28FN3O4. The maximum atomic E-state index is 14.1. The third-order valence-electron chi connectivity index (χ3n) is 5.77. The summed E-state index contributed by atoms with van der Waals surface area (Å²) in [5.74, 6) is 0.0269. The number of carbonyl (C=O) groups excluding carboxylic acids is 2. The number of carbonyl (C=O) groups is 2. The van der Waals surface area contributed by atoms with E-state index in [1.54, 1.807) is 6.07 Å². The second-order valence-electron chi connectivity index (χ2n) is 8.53. The van der Waals surface area contributed by atoms with Gasteiger partial charge in [-0.15, -0.1) is 0 Å². The fraction of sp³-hybridized carbons (Fsp3) is 0.346. The van der Waals surface area contributed by atoms with E-state index in [9.17, 15) is 14.0 Å². The van der Waals surface area contributed by atoms with Crippen molar-refractivity contribution in [1.82, 2.24) is 15.2 Å². The first kappa shape index (κ1) is 23.5. The van der Waals surface area contributed by atoms with E-state index in [-0.39, 0.29) is 41.7 Å². The van der Waals surface area contributed by atoms with Crippen molar-refractivity contribution < 1.29 is 23.1 Å². The second kappa shape index (κ2) is 10.1. The van der Waals surface area contributed by atoms with Crippen LogP contribution < -0.4 is 10.1 Å². The third-order valence-corrected chi connectivity index (χ3v) is 5.77. The summed E-state index contributed by atoms with van der Waals surface area (Å²) in [5, 5.41) is 2.67. The van der Waals surface area contributed by atoms with E-state index in [0.29, 0.717) is 30.8 Å². The minimum Gasteiger partial charge on any atom is -0.484 e. The number of oxazole rings is 1. The lowest BCUT2D eigenvalue weighted by molar-refractivity contribution is -0.136. The number of nitrogens with one attached hydrogen (secondary N) is 1. The van der Waals surface area contributed by atoms with Crippen LogP contribution in [0.25, 0.3) is 0 Å². The molecule has 2 aromatic carbocycles. The molecule has 1 aliphatic heterocycles. The first-order valence-corrected chi connectivity index (χ1v) is 11.4. The molecular weight excluding hydrogens is 437 g/mol. The fourth-order valence-electron chi connectivity index (χ4n) is 4.17. The highest BCUT2D eigenvalue weighted by Crippen LogP contribution is 2.38. The molecule has 0 saturated heterocycles. The Labute approximate surface area is 197 Å². The van der Waals surface area contributed by atoms with Crippen molar-refractivity contribution in [2.45, 2.75) is 39.8 Å². The van der Waals surface area contributed by atoms with Crippen molar-refractivity contribution in [2.75, 3.05) is 13.1 Å².